The van der Waals surface area contributed by atoms with Crippen molar-refractivity contribution in [3.8, 4) is 0 Å². The molecule has 2 atom stereocenters. The van der Waals surface area contributed by atoms with Crippen molar-refractivity contribution in [2.45, 2.75) is 11.9 Å². The molecule has 1 rings (SSSR count). The highest BCUT2D eigenvalue weighted by molar-refractivity contribution is 5.78. The summed E-state index contributed by atoms with van der Waals surface area (Å²) in [6.07, 6.45) is 0. The summed E-state index contributed by atoms with van der Waals surface area (Å²) >= 11 is 0. The minimum atomic E-state index is -1.86. The Morgan fingerprint density at radius 1 is 1.17 bits per heavy atom. The number of methoxy groups -OCH3 is 2. The average molecular weight is 340 g/mol. The zero-order valence-electron chi connectivity index (χ0n) is 14.0. The van der Waals surface area contributed by atoms with Gasteiger partial charge in [-0.25, -0.2) is 0 Å². The monoisotopic (exact) mass is 340 g/mol. The minimum absolute atomic E-state index is 0.176. The molecule has 0 saturated carbocycles. The maximum absolute atomic E-state index is 9.64. The Morgan fingerprint density at radius 2 is 1.83 bits per heavy atom. The summed E-state index contributed by atoms with van der Waals surface area (Å²) in [4.78, 5) is 24.7. The van der Waals surface area contributed by atoms with Crippen LogP contribution in [0.5, 0.6) is 0 Å². The molecule has 13 nitrogen and oxygen atoms in total. The molecule has 0 fully saturated rings. The summed E-state index contributed by atoms with van der Waals surface area (Å²) in [6, 6.07) is 0. The third-order valence-electron chi connectivity index (χ3n) is 3.11. The second-order valence-electron chi connectivity index (χ2n) is 4.02. The molecule has 0 aromatic heterocycles. The standard InChI is InChI=1S/C10H24N6O7/c1-18-9(13-20-3)12-8(11)15(22-5)10(19-2,16(9)23-6)14(7-17)21-4/h13,17H,7H2,1-6H3,(H2,11,12). The van der Waals surface area contributed by atoms with Crippen LogP contribution < -0.4 is 11.2 Å². The van der Waals surface area contributed by atoms with Crippen LogP contribution in [-0.2, 0) is 28.8 Å². The summed E-state index contributed by atoms with van der Waals surface area (Å²) in [7, 11) is 7.92. The van der Waals surface area contributed by atoms with Gasteiger partial charge in [0.05, 0.1) is 28.4 Å². The lowest BCUT2D eigenvalue weighted by Crippen LogP contribution is -2.82. The third kappa shape index (κ3) is 2.99. The number of hydrogen-bond donors (Lipinski definition) is 3. The van der Waals surface area contributed by atoms with E-state index in [0.29, 0.717) is 0 Å². The van der Waals surface area contributed by atoms with Gasteiger partial charge in [0.1, 0.15) is 6.73 Å². The van der Waals surface area contributed by atoms with Gasteiger partial charge in [0.15, 0.2) is 0 Å². The van der Waals surface area contributed by atoms with Crippen molar-refractivity contribution in [3.05, 3.63) is 0 Å². The van der Waals surface area contributed by atoms with Crippen LogP contribution in [0, 0.1) is 0 Å². The Labute approximate surface area is 133 Å². The van der Waals surface area contributed by atoms with Crippen LogP contribution in [0.4, 0.5) is 0 Å². The van der Waals surface area contributed by atoms with Crippen molar-refractivity contribution in [1.29, 1.82) is 0 Å². The van der Waals surface area contributed by atoms with Gasteiger partial charge in [0, 0.05) is 14.2 Å². The number of ether oxygens (including phenoxy) is 2. The molecule has 23 heavy (non-hydrogen) atoms. The van der Waals surface area contributed by atoms with Gasteiger partial charge in [-0.3, -0.25) is 19.4 Å². The second-order valence-corrected chi connectivity index (χ2v) is 4.02. The van der Waals surface area contributed by atoms with Crippen LogP contribution in [-0.4, -0.2) is 87.6 Å². The maximum Gasteiger partial charge on any atom is 0.342 e. The van der Waals surface area contributed by atoms with E-state index in [2.05, 4.69) is 10.5 Å². The summed E-state index contributed by atoms with van der Waals surface area (Å²) in [6.45, 7) is -0.621. The molecule has 2 unspecified atom stereocenters. The van der Waals surface area contributed by atoms with Crippen molar-refractivity contribution in [2.24, 2.45) is 10.7 Å². The number of aliphatic hydroxyl groups is 1. The van der Waals surface area contributed by atoms with Crippen molar-refractivity contribution < 1.29 is 33.9 Å². The number of hydrogen-bond acceptors (Lipinski definition) is 13. The molecule has 0 aromatic carbocycles. The zero-order valence-corrected chi connectivity index (χ0v) is 14.0. The van der Waals surface area contributed by atoms with E-state index in [9.17, 15) is 5.11 Å². The fourth-order valence-electron chi connectivity index (χ4n) is 2.24. The SMILES string of the molecule is CONC1(OC)N=C(N)N(OC)C(OC)(N(CO)OC)N1OC. The molecule has 0 radical (unpaired) electrons. The molecule has 4 N–H and O–H groups in total. The third-order valence-corrected chi connectivity index (χ3v) is 3.11. The van der Waals surface area contributed by atoms with E-state index in [-0.39, 0.29) is 5.96 Å². The molecule has 0 aliphatic carbocycles. The number of nitrogens with two attached hydrogens (primary N) is 1. The van der Waals surface area contributed by atoms with Gasteiger partial charge in [0.25, 0.3) is 0 Å². The summed E-state index contributed by atoms with van der Waals surface area (Å²) < 4.78 is 10.9. The number of aliphatic imine (C=N–C) groups is 1. The maximum atomic E-state index is 9.64. The van der Waals surface area contributed by atoms with Gasteiger partial charge < -0.3 is 20.3 Å². The molecule has 0 bridgehead atoms. The van der Waals surface area contributed by atoms with E-state index in [0.717, 1.165) is 15.2 Å². The first-order valence-electron chi connectivity index (χ1n) is 6.35. The highest BCUT2D eigenvalue weighted by Crippen LogP contribution is 2.36. The Balaban J connectivity index is 3.63. The van der Waals surface area contributed by atoms with Gasteiger partial charge in [-0.2, -0.15) is 10.1 Å². The number of nitrogens with one attached hydrogen (secondary N) is 1. The van der Waals surface area contributed by atoms with Gasteiger partial charge in [-0.05, 0) is 0 Å². The fraction of sp³-hybridized carbons (Fsp3) is 0.900. The number of guanidine groups is 1. The van der Waals surface area contributed by atoms with E-state index in [1.54, 1.807) is 0 Å². The number of aliphatic hydroxyl groups excluding tert-OH is 1. The molecule has 1 aliphatic heterocycles. The Kier molecular flexibility index (Phi) is 7.02. The van der Waals surface area contributed by atoms with Crippen LogP contribution in [0.1, 0.15) is 0 Å². The Bertz CT molecular complexity index is 411. The molecule has 13 heteroatoms. The minimum Gasteiger partial charge on any atom is -0.379 e. The van der Waals surface area contributed by atoms with Crippen LogP contribution in [0.3, 0.4) is 0 Å². The first-order chi connectivity index (χ1) is 11.0. The molecule has 0 spiro atoms. The van der Waals surface area contributed by atoms with Gasteiger partial charge in [0.2, 0.25) is 5.96 Å². The van der Waals surface area contributed by atoms with Crippen LogP contribution in [0.2, 0.25) is 0 Å². The number of nitrogens with zero attached hydrogens (tertiary/aromatic N) is 4. The Morgan fingerprint density at radius 3 is 2.17 bits per heavy atom. The van der Waals surface area contributed by atoms with Crippen molar-refractivity contribution in [2.75, 3.05) is 49.4 Å². The van der Waals surface area contributed by atoms with Crippen molar-refractivity contribution >= 4 is 5.96 Å². The van der Waals surface area contributed by atoms with Gasteiger partial charge >= 0.3 is 11.9 Å². The predicted octanol–water partition coefficient (Wildman–Crippen LogP) is -2.48. The molecule has 0 amide bonds. The predicted molar refractivity (Wildman–Crippen MR) is 74.9 cm³/mol. The summed E-state index contributed by atoms with van der Waals surface area (Å²) in [5.41, 5.74) is 8.44. The van der Waals surface area contributed by atoms with E-state index in [1.165, 1.54) is 42.7 Å². The summed E-state index contributed by atoms with van der Waals surface area (Å²) in [5.74, 6) is -3.81. The van der Waals surface area contributed by atoms with E-state index >= 15 is 0 Å². The molecule has 136 valence electrons. The van der Waals surface area contributed by atoms with E-state index in [1.807, 2.05) is 0 Å². The number of rotatable bonds is 9. The molecule has 1 heterocycles. The highest BCUT2D eigenvalue weighted by Gasteiger charge is 2.64. The van der Waals surface area contributed by atoms with E-state index in [4.69, 9.17) is 34.6 Å². The molecule has 0 aromatic rings. The molecular weight excluding hydrogens is 316 g/mol. The van der Waals surface area contributed by atoms with Crippen LogP contribution in [0.15, 0.2) is 4.99 Å². The van der Waals surface area contributed by atoms with Gasteiger partial charge in [-0.15, -0.1) is 5.48 Å². The van der Waals surface area contributed by atoms with Crippen molar-refractivity contribution in [1.82, 2.24) is 20.7 Å². The van der Waals surface area contributed by atoms with Crippen molar-refractivity contribution in [3.63, 3.8) is 0 Å². The lowest BCUT2D eigenvalue weighted by Gasteiger charge is -2.55. The smallest absolute Gasteiger partial charge is 0.342 e. The number of hydroxylamine groups is 7. The van der Waals surface area contributed by atoms with E-state index < -0.39 is 18.7 Å². The molecular formula is C10H24N6O7. The second kappa shape index (κ2) is 8.11. The lowest BCUT2D eigenvalue weighted by molar-refractivity contribution is -0.542. The first kappa shape index (κ1) is 19.9. The largest absolute Gasteiger partial charge is 0.379 e. The van der Waals surface area contributed by atoms with Crippen LogP contribution >= 0.6 is 0 Å². The fourth-order valence-corrected chi connectivity index (χ4v) is 2.24. The normalized spacial score (nSPS) is 29.2. The zero-order chi connectivity index (χ0) is 17.7. The summed E-state index contributed by atoms with van der Waals surface area (Å²) in [5, 5.41) is 12.6. The Hall–Kier alpha value is -1.13. The molecule has 1 aliphatic rings. The van der Waals surface area contributed by atoms with Gasteiger partial charge in [-0.1, -0.05) is 10.1 Å². The quantitative estimate of drug-likeness (QED) is 0.303. The topological polar surface area (TPSA) is 136 Å². The lowest BCUT2D eigenvalue weighted by atomic mass is 10.4. The molecule has 0 saturated heterocycles. The van der Waals surface area contributed by atoms with Crippen LogP contribution in [0.25, 0.3) is 0 Å². The highest BCUT2D eigenvalue weighted by atomic mass is 16.9. The first-order valence-corrected chi connectivity index (χ1v) is 6.35. The average Bonchev–Trinajstić information content (AvgIpc) is 2.55.